The summed E-state index contributed by atoms with van der Waals surface area (Å²) in [4.78, 5) is 24.3. The molecule has 0 aliphatic carbocycles. The van der Waals surface area contributed by atoms with E-state index in [2.05, 4.69) is 48.0 Å². The third-order valence-electron chi connectivity index (χ3n) is 3.29. The summed E-state index contributed by atoms with van der Waals surface area (Å²) < 4.78 is 12.6. The van der Waals surface area contributed by atoms with Crippen molar-refractivity contribution in [2.75, 3.05) is 6.61 Å². The van der Waals surface area contributed by atoms with Crippen LogP contribution in [0.25, 0.3) is 0 Å². The molecule has 0 saturated heterocycles. The SMILES string of the molecule is CC(C)Oc1ccccc1C(=O)NC(=S)NNC(=O)COc1ccc(Br)cc1Br. The second-order valence-electron chi connectivity index (χ2n) is 5.98. The first-order valence-electron chi connectivity index (χ1n) is 8.50. The number of hydrogen-bond donors (Lipinski definition) is 3. The van der Waals surface area contributed by atoms with E-state index in [4.69, 9.17) is 21.7 Å². The first-order valence-corrected chi connectivity index (χ1v) is 10.5. The number of hydrazine groups is 1. The van der Waals surface area contributed by atoms with Crippen LogP contribution in [0.1, 0.15) is 24.2 Å². The third-order valence-corrected chi connectivity index (χ3v) is 4.61. The largest absolute Gasteiger partial charge is 0.490 e. The van der Waals surface area contributed by atoms with E-state index in [1.165, 1.54) is 0 Å². The van der Waals surface area contributed by atoms with Gasteiger partial charge in [0.2, 0.25) is 0 Å². The normalized spacial score (nSPS) is 10.2. The molecule has 29 heavy (non-hydrogen) atoms. The minimum Gasteiger partial charge on any atom is -0.490 e. The zero-order chi connectivity index (χ0) is 21.4. The topological polar surface area (TPSA) is 88.7 Å². The van der Waals surface area contributed by atoms with Gasteiger partial charge >= 0.3 is 0 Å². The maximum atomic E-state index is 12.4. The molecule has 0 fully saturated rings. The molecule has 2 aromatic carbocycles. The maximum absolute atomic E-state index is 12.4. The molecule has 0 unspecified atom stereocenters. The average molecular weight is 545 g/mol. The summed E-state index contributed by atoms with van der Waals surface area (Å²) in [6, 6.07) is 12.1. The number of ether oxygens (including phenoxy) is 2. The van der Waals surface area contributed by atoms with Gasteiger partial charge in [-0.05, 0) is 72.3 Å². The molecule has 0 spiro atoms. The first-order chi connectivity index (χ1) is 13.8. The number of carbonyl (C=O) groups excluding carboxylic acids is 2. The lowest BCUT2D eigenvalue weighted by atomic mass is 10.2. The summed E-state index contributed by atoms with van der Waals surface area (Å²) >= 11 is 11.7. The second kappa shape index (κ2) is 11.1. The van der Waals surface area contributed by atoms with Gasteiger partial charge in [-0.1, -0.05) is 28.1 Å². The van der Waals surface area contributed by atoms with Crippen LogP contribution >= 0.6 is 44.1 Å². The minimum absolute atomic E-state index is 0.0625. The summed E-state index contributed by atoms with van der Waals surface area (Å²) in [5.74, 6) is 0.0318. The molecule has 2 rings (SSSR count). The number of thiocarbonyl (C=S) groups is 1. The average Bonchev–Trinajstić information content (AvgIpc) is 2.65. The van der Waals surface area contributed by atoms with E-state index < -0.39 is 11.8 Å². The van der Waals surface area contributed by atoms with E-state index in [-0.39, 0.29) is 17.8 Å². The van der Waals surface area contributed by atoms with Gasteiger partial charge in [0, 0.05) is 4.47 Å². The highest BCUT2D eigenvalue weighted by Gasteiger charge is 2.15. The number of rotatable bonds is 6. The van der Waals surface area contributed by atoms with Crippen molar-refractivity contribution in [3.63, 3.8) is 0 Å². The molecular weight excluding hydrogens is 526 g/mol. The molecule has 3 N–H and O–H groups in total. The van der Waals surface area contributed by atoms with Crippen LogP contribution in [0.2, 0.25) is 0 Å². The quantitative estimate of drug-likeness (QED) is 0.379. The maximum Gasteiger partial charge on any atom is 0.276 e. The standard InChI is InChI=1S/C19H19Br2N3O4S/c1-11(2)28-15-6-4-3-5-13(15)18(26)22-19(29)24-23-17(25)10-27-16-8-7-12(20)9-14(16)21/h3-9,11H,10H2,1-2H3,(H,23,25)(H2,22,24,26,29). The van der Waals surface area contributed by atoms with E-state index in [1.807, 2.05) is 13.8 Å². The molecule has 10 heteroatoms. The molecule has 7 nitrogen and oxygen atoms in total. The van der Waals surface area contributed by atoms with E-state index in [1.54, 1.807) is 42.5 Å². The summed E-state index contributed by atoms with van der Waals surface area (Å²) in [7, 11) is 0. The van der Waals surface area contributed by atoms with E-state index >= 15 is 0 Å². The summed E-state index contributed by atoms with van der Waals surface area (Å²) in [6.07, 6.45) is -0.0842. The smallest absolute Gasteiger partial charge is 0.276 e. The predicted molar refractivity (Wildman–Crippen MR) is 121 cm³/mol. The first kappa shape index (κ1) is 23.1. The van der Waals surface area contributed by atoms with Crippen molar-refractivity contribution in [2.45, 2.75) is 20.0 Å². The summed E-state index contributed by atoms with van der Waals surface area (Å²) in [6.45, 7) is 3.49. The number of benzene rings is 2. The molecule has 0 bridgehead atoms. The second-order valence-corrected chi connectivity index (χ2v) is 8.16. The zero-order valence-electron chi connectivity index (χ0n) is 15.6. The fourth-order valence-electron chi connectivity index (χ4n) is 2.11. The fraction of sp³-hybridized carbons (Fsp3) is 0.211. The van der Waals surface area contributed by atoms with Crippen molar-refractivity contribution >= 4 is 61.0 Å². The van der Waals surface area contributed by atoms with Gasteiger partial charge in [-0.15, -0.1) is 0 Å². The van der Waals surface area contributed by atoms with Gasteiger partial charge in [0.25, 0.3) is 11.8 Å². The zero-order valence-corrected chi connectivity index (χ0v) is 19.6. The Balaban J connectivity index is 1.82. The van der Waals surface area contributed by atoms with E-state index in [9.17, 15) is 9.59 Å². The number of carbonyl (C=O) groups is 2. The Morgan fingerprint density at radius 2 is 1.79 bits per heavy atom. The minimum atomic E-state index is -0.472. The van der Waals surface area contributed by atoms with Crippen molar-refractivity contribution < 1.29 is 19.1 Å². The molecule has 0 heterocycles. The van der Waals surface area contributed by atoms with E-state index in [0.29, 0.717) is 21.5 Å². The molecule has 2 aromatic rings. The van der Waals surface area contributed by atoms with Crippen LogP contribution in [-0.4, -0.2) is 29.6 Å². The van der Waals surface area contributed by atoms with Crippen LogP contribution < -0.4 is 25.6 Å². The lowest BCUT2D eigenvalue weighted by Gasteiger charge is -2.15. The van der Waals surface area contributed by atoms with Crippen LogP contribution in [-0.2, 0) is 4.79 Å². The Labute approximate surface area is 190 Å². The molecular formula is C19H19Br2N3O4S. The molecule has 0 saturated carbocycles. The van der Waals surface area contributed by atoms with Gasteiger partial charge in [0.1, 0.15) is 11.5 Å². The van der Waals surface area contributed by atoms with Crippen LogP contribution in [0.4, 0.5) is 0 Å². The van der Waals surface area contributed by atoms with Crippen molar-refractivity contribution in [1.29, 1.82) is 0 Å². The van der Waals surface area contributed by atoms with Crippen molar-refractivity contribution in [2.24, 2.45) is 0 Å². The Kier molecular flexibility index (Phi) is 8.87. The van der Waals surface area contributed by atoms with Crippen LogP contribution in [0.3, 0.4) is 0 Å². The monoisotopic (exact) mass is 543 g/mol. The Morgan fingerprint density at radius 1 is 1.07 bits per heavy atom. The van der Waals surface area contributed by atoms with Crippen LogP contribution in [0.5, 0.6) is 11.5 Å². The van der Waals surface area contributed by atoms with Gasteiger partial charge in [-0.25, -0.2) is 0 Å². The molecule has 154 valence electrons. The number of hydrogen-bond acceptors (Lipinski definition) is 5. The Hall–Kier alpha value is -2.17. The third kappa shape index (κ3) is 7.64. The van der Waals surface area contributed by atoms with Gasteiger partial charge < -0.3 is 9.47 Å². The fourth-order valence-corrected chi connectivity index (χ4v) is 3.42. The number of nitrogens with one attached hydrogen (secondary N) is 3. The lowest BCUT2D eigenvalue weighted by Crippen LogP contribution is -2.49. The van der Waals surface area contributed by atoms with Crippen LogP contribution in [0.15, 0.2) is 51.4 Å². The molecule has 0 atom stereocenters. The molecule has 2 amide bonds. The summed E-state index contributed by atoms with van der Waals surface area (Å²) in [5, 5.41) is 2.43. The van der Waals surface area contributed by atoms with Crippen molar-refractivity contribution in [3.05, 3.63) is 57.0 Å². The van der Waals surface area contributed by atoms with Gasteiger partial charge in [0.15, 0.2) is 11.7 Å². The highest BCUT2D eigenvalue weighted by atomic mass is 79.9. The molecule has 0 aliphatic heterocycles. The Bertz CT molecular complexity index is 909. The van der Waals surface area contributed by atoms with Crippen LogP contribution in [0, 0.1) is 0 Å². The van der Waals surface area contributed by atoms with Gasteiger partial charge in [0.05, 0.1) is 16.1 Å². The van der Waals surface area contributed by atoms with Gasteiger partial charge in [-0.3, -0.25) is 25.8 Å². The summed E-state index contributed by atoms with van der Waals surface area (Å²) in [5.41, 5.74) is 5.16. The van der Waals surface area contributed by atoms with E-state index in [0.717, 1.165) is 4.47 Å². The number of halogens is 2. The lowest BCUT2D eigenvalue weighted by molar-refractivity contribution is -0.123. The Morgan fingerprint density at radius 3 is 2.48 bits per heavy atom. The molecule has 0 aromatic heterocycles. The highest BCUT2D eigenvalue weighted by molar-refractivity contribution is 9.11. The van der Waals surface area contributed by atoms with Crippen molar-refractivity contribution in [3.8, 4) is 11.5 Å². The molecule has 0 radical (unpaired) electrons. The molecule has 0 aliphatic rings. The highest BCUT2D eigenvalue weighted by Crippen LogP contribution is 2.28. The van der Waals surface area contributed by atoms with Crippen molar-refractivity contribution in [1.82, 2.24) is 16.2 Å². The number of para-hydroxylation sites is 1. The number of amides is 2. The predicted octanol–water partition coefficient (Wildman–Crippen LogP) is 3.71. The van der Waals surface area contributed by atoms with Gasteiger partial charge in [-0.2, -0.15) is 0 Å².